The summed E-state index contributed by atoms with van der Waals surface area (Å²) >= 11 is 0. The molecule has 1 N–H and O–H groups in total. The van der Waals surface area contributed by atoms with Crippen molar-refractivity contribution < 1.29 is 22.4 Å². The third-order valence-electron chi connectivity index (χ3n) is 4.78. The van der Waals surface area contributed by atoms with Crippen LogP contribution in [0.5, 0.6) is 0 Å². The van der Waals surface area contributed by atoms with E-state index in [2.05, 4.69) is 5.32 Å². The molecular weight excluding hydrogens is 346 g/mol. The first-order valence-electron chi connectivity index (χ1n) is 8.38. The number of rotatable bonds is 5. The molecule has 8 nitrogen and oxygen atoms in total. The number of furan rings is 1. The molecule has 3 rings (SSSR count). The van der Waals surface area contributed by atoms with E-state index in [1.54, 1.807) is 23.3 Å². The summed E-state index contributed by atoms with van der Waals surface area (Å²) in [6, 6.07) is 3.53. The van der Waals surface area contributed by atoms with Crippen LogP contribution < -0.4 is 5.32 Å². The van der Waals surface area contributed by atoms with Gasteiger partial charge in [-0.3, -0.25) is 9.59 Å². The summed E-state index contributed by atoms with van der Waals surface area (Å²) in [6.07, 6.45) is 4.15. The number of nitrogens with one attached hydrogen (secondary N) is 1. The molecule has 1 aromatic rings. The van der Waals surface area contributed by atoms with Gasteiger partial charge in [0, 0.05) is 32.1 Å². The Morgan fingerprint density at radius 1 is 1.36 bits per heavy atom. The molecule has 1 aromatic heterocycles. The average Bonchev–Trinajstić information content (AvgIpc) is 3.18. The van der Waals surface area contributed by atoms with Crippen molar-refractivity contribution in [2.24, 2.45) is 5.92 Å². The second-order valence-electron chi connectivity index (χ2n) is 6.70. The van der Waals surface area contributed by atoms with Crippen molar-refractivity contribution in [2.45, 2.75) is 31.8 Å². The molecule has 0 aliphatic carbocycles. The normalized spacial score (nSPS) is 23.2. The number of hydrogen-bond acceptors (Lipinski definition) is 5. The van der Waals surface area contributed by atoms with Gasteiger partial charge < -0.3 is 14.6 Å². The molecule has 1 atom stereocenters. The van der Waals surface area contributed by atoms with Crippen LogP contribution in [-0.2, 0) is 26.2 Å². The lowest BCUT2D eigenvalue weighted by molar-refractivity contribution is -0.129. The van der Waals surface area contributed by atoms with E-state index in [0.717, 1.165) is 0 Å². The lowest BCUT2D eigenvalue weighted by Gasteiger charge is -2.31. The highest BCUT2D eigenvalue weighted by atomic mass is 32.2. The lowest BCUT2D eigenvalue weighted by atomic mass is 10.0. The van der Waals surface area contributed by atoms with Crippen molar-refractivity contribution >= 4 is 21.8 Å². The van der Waals surface area contributed by atoms with Gasteiger partial charge in [-0.2, -0.15) is 0 Å². The van der Waals surface area contributed by atoms with Gasteiger partial charge in [0.25, 0.3) is 0 Å². The third-order valence-corrected chi connectivity index (χ3v) is 6.08. The highest BCUT2D eigenvalue weighted by molar-refractivity contribution is 7.88. The van der Waals surface area contributed by atoms with E-state index >= 15 is 0 Å². The van der Waals surface area contributed by atoms with E-state index in [9.17, 15) is 18.0 Å². The van der Waals surface area contributed by atoms with E-state index in [1.165, 1.54) is 10.6 Å². The maximum Gasteiger partial charge on any atom is 0.225 e. The standard InChI is InChI=1S/C16H23N3O5S/c1-25(22,23)19-6-4-13(5-7-19)17-16(21)12-9-15(20)18(10-12)11-14-3-2-8-24-14/h2-3,8,12-13H,4-7,9-11H2,1H3,(H,17,21). The molecule has 138 valence electrons. The second kappa shape index (κ2) is 7.17. The smallest absolute Gasteiger partial charge is 0.225 e. The number of hydrogen-bond donors (Lipinski definition) is 1. The molecule has 0 aromatic carbocycles. The molecule has 1 unspecified atom stereocenters. The van der Waals surface area contributed by atoms with Gasteiger partial charge in [0.1, 0.15) is 5.76 Å². The van der Waals surface area contributed by atoms with E-state index in [0.29, 0.717) is 44.8 Å². The molecule has 2 saturated heterocycles. The molecule has 2 aliphatic heterocycles. The van der Waals surface area contributed by atoms with Gasteiger partial charge in [-0.25, -0.2) is 12.7 Å². The van der Waals surface area contributed by atoms with Crippen LogP contribution in [0.25, 0.3) is 0 Å². The first-order valence-corrected chi connectivity index (χ1v) is 10.2. The first-order chi connectivity index (χ1) is 11.8. The minimum Gasteiger partial charge on any atom is -0.467 e. The monoisotopic (exact) mass is 369 g/mol. The summed E-state index contributed by atoms with van der Waals surface area (Å²) in [5, 5.41) is 2.97. The van der Waals surface area contributed by atoms with Crippen molar-refractivity contribution in [3.8, 4) is 0 Å². The zero-order valence-electron chi connectivity index (χ0n) is 14.2. The van der Waals surface area contributed by atoms with Crippen LogP contribution in [0, 0.1) is 5.92 Å². The number of carbonyl (C=O) groups is 2. The Bertz CT molecular complexity index is 723. The van der Waals surface area contributed by atoms with E-state index in [1.807, 2.05) is 0 Å². The summed E-state index contributed by atoms with van der Waals surface area (Å²) in [5.74, 6) is 0.148. The zero-order valence-corrected chi connectivity index (χ0v) is 15.0. The number of nitrogens with zero attached hydrogens (tertiary/aromatic N) is 2. The van der Waals surface area contributed by atoms with Crippen LogP contribution in [0.1, 0.15) is 25.0 Å². The Morgan fingerprint density at radius 3 is 2.68 bits per heavy atom. The van der Waals surface area contributed by atoms with Gasteiger partial charge in [0.05, 0.1) is 25.0 Å². The summed E-state index contributed by atoms with van der Waals surface area (Å²) in [7, 11) is -3.17. The molecule has 0 saturated carbocycles. The molecule has 25 heavy (non-hydrogen) atoms. The van der Waals surface area contributed by atoms with Crippen molar-refractivity contribution in [2.75, 3.05) is 25.9 Å². The van der Waals surface area contributed by atoms with Crippen LogP contribution in [0.2, 0.25) is 0 Å². The molecule has 2 amide bonds. The van der Waals surface area contributed by atoms with Gasteiger partial charge in [-0.15, -0.1) is 0 Å². The van der Waals surface area contributed by atoms with Gasteiger partial charge in [0.15, 0.2) is 0 Å². The van der Waals surface area contributed by atoms with Crippen LogP contribution in [0.15, 0.2) is 22.8 Å². The highest BCUT2D eigenvalue weighted by Crippen LogP contribution is 2.21. The molecule has 2 fully saturated rings. The van der Waals surface area contributed by atoms with E-state index < -0.39 is 10.0 Å². The van der Waals surface area contributed by atoms with Crippen LogP contribution in [0.3, 0.4) is 0 Å². The predicted octanol–water partition coefficient (Wildman–Crippen LogP) is 0.168. The Hall–Kier alpha value is -1.87. The number of piperidine rings is 1. The van der Waals surface area contributed by atoms with Crippen molar-refractivity contribution in [3.63, 3.8) is 0 Å². The van der Waals surface area contributed by atoms with Gasteiger partial charge in [0.2, 0.25) is 21.8 Å². The molecular formula is C16H23N3O5S. The molecule has 0 spiro atoms. The number of carbonyl (C=O) groups excluding carboxylic acids is 2. The van der Waals surface area contributed by atoms with Crippen molar-refractivity contribution in [3.05, 3.63) is 24.2 Å². The van der Waals surface area contributed by atoms with Gasteiger partial charge in [-0.05, 0) is 25.0 Å². The Morgan fingerprint density at radius 2 is 2.08 bits per heavy atom. The van der Waals surface area contributed by atoms with Gasteiger partial charge in [-0.1, -0.05) is 0 Å². The first kappa shape index (κ1) is 17.9. The molecule has 9 heteroatoms. The van der Waals surface area contributed by atoms with Crippen LogP contribution in [-0.4, -0.2) is 61.4 Å². The molecule has 0 bridgehead atoms. The zero-order chi connectivity index (χ0) is 18.0. The number of likely N-dealkylation sites (tertiary alicyclic amines) is 1. The third kappa shape index (κ3) is 4.40. The van der Waals surface area contributed by atoms with E-state index in [4.69, 9.17) is 4.42 Å². The van der Waals surface area contributed by atoms with E-state index in [-0.39, 0.29) is 30.2 Å². The summed E-state index contributed by atoms with van der Waals surface area (Å²) in [4.78, 5) is 26.2. The second-order valence-corrected chi connectivity index (χ2v) is 8.68. The highest BCUT2D eigenvalue weighted by Gasteiger charge is 2.36. The average molecular weight is 369 g/mol. The fourth-order valence-corrected chi connectivity index (χ4v) is 4.22. The summed E-state index contributed by atoms with van der Waals surface area (Å²) in [6.45, 7) is 1.59. The Balaban J connectivity index is 1.48. The van der Waals surface area contributed by atoms with Crippen LogP contribution >= 0.6 is 0 Å². The largest absolute Gasteiger partial charge is 0.467 e. The number of amides is 2. The Labute approximate surface area is 147 Å². The minimum atomic E-state index is -3.17. The fourth-order valence-electron chi connectivity index (χ4n) is 3.34. The quantitative estimate of drug-likeness (QED) is 0.797. The van der Waals surface area contributed by atoms with Crippen molar-refractivity contribution in [1.82, 2.24) is 14.5 Å². The Kier molecular flexibility index (Phi) is 5.14. The topological polar surface area (TPSA) is 99.9 Å². The maximum absolute atomic E-state index is 12.4. The van der Waals surface area contributed by atoms with Gasteiger partial charge >= 0.3 is 0 Å². The molecule has 3 heterocycles. The summed E-state index contributed by atoms with van der Waals surface area (Å²) in [5.41, 5.74) is 0. The van der Waals surface area contributed by atoms with Crippen molar-refractivity contribution in [1.29, 1.82) is 0 Å². The van der Waals surface area contributed by atoms with Crippen LogP contribution in [0.4, 0.5) is 0 Å². The maximum atomic E-state index is 12.4. The lowest BCUT2D eigenvalue weighted by Crippen LogP contribution is -2.47. The predicted molar refractivity (Wildman–Crippen MR) is 89.8 cm³/mol. The molecule has 2 aliphatic rings. The SMILES string of the molecule is CS(=O)(=O)N1CCC(NC(=O)C2CC(=O)N(Cc3ccco3)C2)CC1. The number of sulfonamides is 1. The molecule has 0 radical (unpaired) electrons. The summed E-state index contributed by atoms with van der Waals surface area (Å²) < 4.78 is 29.7. The minimum absolute atomic E-state index is 0.0419. The fraction of sp³-hybridized carbons (Fsp3) is 0.625.